The molecular formula is C15H22FNO. The highest BCUT2D eigenvalue weighted by Crippen LogP contribution is 2.29. The molecule has 1 aromatic carbocycles. The van der Waals surface area contributed by atoms with Gasteiger partial charge in [0, 0.05) is 18.7 Å². The highest BCUT2D eigenvalue weighted by Gasteiger charge is 2.23. The molecule has 2 unspecified atom stereocenters. The Morgan fingerprint density at radius 2 is 1.89 bits per heavy atom. The summed E-state index contributed by atoms with van der Waals surface area (Å²) in [5.74, 6) is 0.815. The van der Waals surface area contributed by atoms with Crippen molar-refractivity contribution in [3.63, 3.8) is 0 Å². The van der Waals surface area contributed by atoms with Gasteiger partial charge in [-0.1, -0.05) is 31.0 Å². The predicted octanol–water partition coefficient (Wildman–Crippen LogP) is 2.71. The Hall–Kier alpha value is -0.930. The molecule has 0 spiro atoms. The number of benzene rings is 1. The maximum atomic E-state index is 13.4. The quantitative estimate of drug-likeness (QED) is 0.843. The maximum Gasteiger partial charge on any atom is 0.127 e. The molecule has 2 nitrogen and oxygen atoms in total. The first kappa shape index (κ1) is 13.5. The van der Waals surface area contributed by atoms with Crippen LogP contribution in [0, 0.1) is 17.7 Å². The molecule has 3 heteroatoms. The van der Waals surface area contributed by atoms with Gasteiger partial charge in [0.25, 0.3) is 0 Å². The number of hydrogen-bond donors (Lipinski definition) is 2. The highest BCUT2D eigenvalue weighted by molar-refractivity contribution is 5.16. The maximum absolute atomic E-state index is 13.4. The predicted molar refractivity (Wildman–Crippen MR) is 70.6 cm³/mol. The first-order valence-corrected chi connectivity index (χ1v) is 6.86. The van der Waals surface area contributed by atoms with Gasteiger partial charge in [-0.15, -0.1) is 0 Å². The zero-order valence-electron chi connectivity index (χ0n) is 10.7. The van der Waals surface area contributed by atoms with Crippen LogP contribution in [0.3, 0.4) is 0 Å². The summed E-state index contributed by atoms with van der Waals surface area (Å²) in [4.78, 5) is 0. The number of halogens is 1. The number of nitrogens with one attached hydrogen (secondary N) is 1. The van der Waals surface area contributed by atoms with Crippen LogP contribution >= 0.6 is 0 Å². The molecule has 1 aromatic rings. The molecule has 18 heavy (non-hydrogen) atoms. The van der Waals surface area contributed by atoms with E-state index in [1.54, 1.807) is 6.07 Å². The minimum absolute atomic E-state index is 0.146. The Labute approximate surface area is 108 Å². The topological polar surface area (TPSA) is 32.3 Å². The highest BCUT2D eigenvalue weighted by atomic mass is 19.1. The van der Waals surface area contributed by atoms with Gasteiger partial charge in [-0.2, -0.15) is 0 Å². The van der Waals surface area contributed by atoms with Crippen molar-refractivity contribution in [3.05, 3.63) is 35.6 Å². The molecule has 0 heterocycles. The van der Waals surface area contributed by atoms with Gasteiger partial charge in [0.15, 0.2) is 0 Å². The summed E-state index contributed by atoms with van der Waals surface area (Å²) in [6, 6.07) is 6.87. The first-order valence-electron chi connectivity index (χ1n) is 6.86. The molecule has 2 atom stereocenters. The van der Waals surface area contributed by atoms with Crippen molar-refractivity contribution in [1.29, 1.82) is 0 Å². The van der Waals surface area contributed by atoms with E-state index in [0.717, 1.165) is 13.0 Å². The molecule has 2 N–H and O–H groups in total. The van der Waals surface area contributed by atoms with Gasteiger partial charge in [0.2, 0.25) is 0 Å². The van der Waals surface area contributed by atoms with Crippen LogP contribution in [-0.2, 0) is 6.54 Å². The summed E-state index contributed by atoms with van der Waals surface area (Å²) in [5.41, 5.74) is 0.717. The van der Waals surface area contributed by atoms with Crippen LogP contribution in [0.1, 0.15) is 31.2 Å². The summed E-state index contributed by atoms with van der Waals surface area (Å²) < 4.78 is 13.4. The Balaban J connectivity index is 1.79. The van der Waals surface area contributed by atoms with E-state index in [4.69, 9.17) is 0 Å². The van der Waals surface area contributed by atoms with Gasteiger partial charge < -0.3 is 10.4 Å². The number of hydrogen-bond acceptors (Lipinski definition) is 2. The third kappa shape index (κ3) is 3.53. The molecule has 0 saturated heterocycles. The Kier molecular flexibility index (Phi) is 5.14. The minimum atomic E-state index is -0.146. The van der Waals surface area contributed by atoms with Crippen molar-refractivity contribution in [3.8, 4) is 0 Å². The number of aliphatic hydroxyl groups excluding tert-OH is 1. The van der Waals surface area contributed by atoms with Gasteiger partial charge >= 0.3 is 0 Å². The molecular weight excluding hydrogens is 229 g/mol. The summed E-state index contributed by atoms with van der Waals surface area (Å²) in [5, 5.41) is 12.7. The van der Waals surface area contributed by atoms with E-state index in [1.807, 2.05) is 12.1 Å². The van der Waals surface area contributed by atoms with Crippen molar-refractivity contribution in [2.24, 2.45) is 11.8 Å². The van der Waals surface area contributed by atoms with Crippen LogP contribution in [0.15, 0.2) is 24.3 Å². The zero-order valence-corrected chi connectivity index (χ0v) is 10.7. The Morgan fingerprint density at radius 1 is 1.17 bits per heavy atom. The van der Waals surface area contributed by atoms with Gasteiger partial charge in [-0.05, 0) is 37.3 Å². The van der Waals surface area contributed by atoms with Gasteiger partial charge in [-0.25, -0.2) is 4.39 Å². The monoisotopic (exact) mass is 251 g/mol. The van der Waals surface area contributed by atoms with Crippen molar-refractivity contribution < 1.29 is 9.50 Å². The van der Waals surface area contributed by atoms with Crippen molar-refractivity contribution >= 4 is 0 Å². The summed E-state index contributed by atoms with van der Waals surface area (Å²) in [6.45, 7) is 1.73. The summed E-state index contributed by atoms with van der Waals surface area (Å²) >= 11 is 0. The van der Waals surface area contributed by atoms with Gasteiger partial charge in [0.1, 0.15) is 5.82 Å². The lowest BCUT2D eigenvalue weighted by molar-refractivity contribution is 0.133. The van der Waals surface area contributed by atoms with Crippen molar-refractivity contribution in [2.45, 2.75) is 32.2 Å². The number of aliphatic hydroxyl groups is 1. The summed E-state index contributed by atoms with van der Waals surface area (Å²) in [7, 11) is 0. The normalized spacial score (nSPS) is 24.1. The van der Waals surface area contributed by atoms with E-state index in [-0.39, 0.29) is 12.4 Å². The second kappa shape index (κ2) is 6.86. The lowest BCUT2D eigenvalue weighted by Gasteiger charge is -2.30. The van der Waals surface area contributed by atoms with Crippen molar-refractivity contribution in [2.75, 3.05) is 13.2 Å². The van der Waals surface area contributed by atoms with E-state index in [1.165, 1.54) is 25.3 Å². The van der Waals surface area contributed by atoms with Crippen LogP contribution in [0.2, 0.25) is 0 Å². The van der Waals surface area contributed by atoms with Gasteiger partial charge in [0.05, 0.1) is 0 Å². The van der Waals surface area contributed by atoms with E-state index in [0.29, 0.717) is 23.9 Å². The van der Waals surface area contributed by atoms with Gasteiger partial charge in [-0.3, -0.25) is 0 Å². The molecule has 2 rings (SSSR count). The van der Waals surface area contributed by atoms with Crippen LogP contribution in [0.25, 0.3) is 0 Å². The largest absolute Gasteiger partial charge is 0.396 e. The van der Waals surface area contributed by atoms with Crippen molar-refractivity contribution in [1.82, 2.24) is 5.32 Å². The fourth-order valence-electron chi connectivity index (χ4n) is 2.83. The van der Waals surface area contributed by atoms with E-state index in [9.17, 15) is 9.50 Å². The fraction of sp³-hybridized carbons (Fsp3) is 0.600. The molecule has 1 saturated carbocycles. The van der Waals surface area contributed by atoms with Crippen LogP contribution in [0.4, 0.5) is 4.39 Å². The number of rotatable bonds is 5. The molecule has 0 bridgehead atoms. The van der Waals surface area contributed by atoms with E-state index >= 15 is 0 Å². The SMILES string of the molecule is OCC1CCCCC1CNCc1ccccc1F. The lowest BCUT2D eigenvalue weighted by Crippen LogP contribution is -2.32. The smallest absolute Gasteiger partial charge is 0.127 e. The average molecular weight is 251 g/mol. The average Bonchev–Trinajstić information content (AvgIpc) is 2.41. The standard InChI is InChI=1S/C15H22FNO/c16-15-8-4-3-6-13(15)10-17-9-12-5-1-2-7-14(12)11-18/h3-4,6,8,12,14,17-18H,1-2,5,7,9-11H2. The summed E-state index contributed by atoms with van der Waals surface area (Å²) in [6.07, 6.45) is 4.79. The van der Waals surface area contributed by atoms with Crippen LogP contribution in [0.5, 0.6) is 0 Å². The lowest BCUT2D eigenvalue weighted by atomic mass is 9.79. The second-order valence-electron chi connectivity index (χ2n) is 5.21. The molecule has 1 fully saturated rings. The van der Waals surface area contributed by atoms with Crippen LogP contribution in [-0.4, -0.2) is 18.3 Å². The zero-order chi connectivity index (χ0) is 12.8. The molecule has 1 aliphatic rings. The third-order valence-corrected chi connectivity index (χ3v) is 3.98. The molecule has 0 amide bonds. The molecule has 100 valence electrons. The van der Waals surface area contributed by atoms with E-state index in [2.05, 4.69) is 5.32 Å². The molecule has 0 aliphatic heterocycles. The molecule has 1 aliphatic carbocycles. The third-order valence-electron chi connectivity index (χ3n) is 3.98. The van der Waals surface area contributed by atoms with Crippen LogP contribution < -0.4 is 5.32 Å². The Bertz CT molecular complexity index is 369. The Morgan fingerprint density at radius 3 is 2.61 bits per heavy atom. The molecule has 0 radical (unpaired) electrons. The van der Waals surface area contributed by atoms with E-state index < -0.39 is 0 Å². The minimum Gasteiger partial charge on any atom is -0.396 e. The second-order valence-corrected chi connectivity index (χ2v) is 5.21. The first-order chi connectivity index (χ1) is 8.81. The fourth-order valence-corrected chi connectivity index (χ4v) is 2.83. The molecule has 0 aromatic heterocycles.